The van der Waals surface area contributed by atoms with Crippen LogP contribution in [0.15, 0.2) is 29.2 Å². The van der Waals surface area contributed by atoms with Crippen molar-refractivity contribution in [1.29, 1.82) is 5.26 Å². The average Bonchev–Trinajstić information content (AvgIpc) is 3.06. The maximum atomic E-state index is 12.5. The number of aryl methyl sites for hydroxylation is 1. The van der Waals surface area contributed by atoms with E-state index in [0.717, 1.165) is 36.1 Å². The predicted molar refractivity (Wildman–Crippen MR) is 108 cm³/mol. The third-order valence-corrected chi connectivity index (χ3v) is 7.29. The molecule has 2 aliphatic rings. The standard InChI is InChI=1S/C21H24N4O2S/c1-20(2,12-22)15-6-4-14(5-7-15)18-23-16-8-11-28(27)17(16)19(24-18)25-21(13-26)9-3-10-21/h4-7,26H,3,8-11,13H2,1-2H3,(H,23,24,25)/t28-/m1/s1. The molecule has 146 valence electrons. The van der Waals surface area contributed by atoms with Gasteiger partial charge in [-0.2, -0.15) is 5.26 Å². The van der Waals surface area contributed by atoms with Crippen LogP contribution in [0.25, 0.3) is 11.4 Å². The highest BCUT2D eigenvalue weighted by Gasteiger charge is 2.38. The van der Waals surface area contributed by atoms with Gasteiger partial charge in [-0.1, -0.05) is 24.3 Å². The first-order valence-corrected chi connectivity index (χ1v) is 10.9. The van der Waals surface area contributed by atoms with Crippen LogP contribution in [0.2, 0.25) is 0 Å². The van der Waals surface area contributed by atoms with E-state index in [9.17, 15) is 14.6 Å². The Morgan fingerprint density at radius 3 is 2.57 bits per heavy atom. The summed E-state index contributed by atoms with van der Waals surface area (Å²) in [5.74, 6) is 1.73. The Bertz CT molecular complexity index is 970. The van der Waals surface area contributed by atoms with Gasteiger partial charge in [-0.15, -0.1) is 0 Å². The van der Waals surface area contributed by atoms with Crippen LogP contribution in [0, 0.1) is 11.3 Å². The first-order valence-electron chi connectivity index (χ1n) is 9.58. The van der Waals surface area contributed by atoms with E-state index in [1.807, 2.05) is 38.1 Å². The van der Waals surface area contributed by atoms with E-state index in [1.165, 1.54) is 0 Å². The Morgan fingerprint density at radius 1 is 1.29 bits per heavy atom. The highest BCUT2D eigenvalue weighted by molar-refractivity contribution is 7.85. The molecule has 1 aliphatic carbocycles. The van der Waals surface area contributed by atoms with Crippen molar-refractivity contribution in [3.63, 3.8) is 0 Å². The number of hydrogen-bond acceptors (Lipinski definition) is 6. The van der Waals surface area contributed by atoms with E-state index < -0.39 is 16.2 Å². The molecule has 2 aromatic rings. The molecule has 0 amide bonds. The van der Waals surface area contributed by atoms with Crippen molar-refractivity contribution in [1.82, 2.24) is 9.97 Å². The van der Waals surface area contributed by atoms with E-state index >= 15 is 0 Å². The van der Waals surface area contributed by atoms with E-state index in [1.54, 1.807) is 0 Å². The lowest BCUT2D eigenvalue weighted by atomic mass is 9.77. The number of aliphatic hydroxyl groups is 1. The lowest BCUT2D eigenvalue weighted by Gasteiger charge is -2.41. The van der Waals surface area contributed by atoms with Gasteiger partial charge in [-0.25, -0.2) is 9.97 Å². The van der Waals surface area contributed by atoms with Crippen LogP contribution in [0.1, 0.15) is 44.4 Å². The Balaban J connectivity index is 1.74. The minimum Gasteiger partial charge on any atom is -0.394 e. The number of anilines is 1. The molecular weight excluding hydrogens is 372 g/mol. The highest BCUT2D eigenvalue weighted by atomic mass is 32.2. The molecule has 0 spiro atoms. The summed E-state index contributed by atoms with van der Waals surface area (Å²) in [6.07, 6.45) is 3.48. The quantitative estimate of drug-likeness (QED) is 0.806. The molecule has 0 unspecified atom stereocenters. The largest absolute Gasteiger partial charge is 0.394 e. The van der Waals surface area contributed by atoms with Crippen molar-refractivity contribution >= 4 is 16.6 Å². The summed E-state index contributed by atoms with van der Waals surface area (Å²) in [6.45, 7) is 3.81. The minimum absolute atomic E-state index is 0.0334. The van der Waals surface area contributed by atoms with Crippen LogP contribution in [0.5, 0.6) is 0 Å². The Hall–Kier alpha value is -2.30. The van der Waals surface area contributed by atoms with Gasteiger partial charge < -0.3 is 10.4 Å². The second-order valence-electron chi connectivity index (χ2n) is 8.20. The van der Waals surface area contributed by atoms with Crippen LogP contribution in [-0.2, 0) is 22.6 Å². The van der Waals surface area contributed by atoms with E-state index in [-0.39, 0.29) is 12.1 Å². The fraction of sp³-hybridized carbons (Fsp3) is 0.476. The molecule has 2 heterocycles. The van der Waals surface area contributed by atoms with Crippen LogP contribution < -0.4 is 5.32 Å². The monoisotopic (exact) mass is 396 g/mol. The summed E-state index contributed by atoms with van der Waals surface area (Å²) in [4.78, 5) is 10.1. The zero-order valence-corrected chi connectivity index (χ0v) is 17.0. The molecule has 4 rings (SSSR count). The van der Waals surface area contributed by atoms with E-state index in [4.69, 9.17) is 4.98 Å². The topological polar surface area (TPSA) is 98.9 Å². The molecule has 6 nitrogen and oxygen atoms in total. The zero-order valence-electron chi connectivity index (χ0n) is 16.2. The second-order valence-corrected chi connectivity index (χ2v) is 9.71. The molecule has 0 radical (unpaired) electrons. The smallest absolute Gasteiger partial charge is 0.161 e. The van der Waals surface area contributed by atoms with Gasteiger partial charge in [-0.05, 0) is 38.7 Å². The van der Waals surface area contributed by atoms with Gasteiger partial charge in [0.1, 0.15) is 10.7 Å². The summed E-state index contributed by atoms with van der Waals surface area (Å²) in [7, 11) is -1.11. The number of aromatic nitrogens is 2. The van der Waals surface area contributed by atoms with E-state index in [0.29, 0.717) is 28.7 Å². The summed E-state index contributed by atoms with van der Waals surface area (Å²) < 4.78 is 12.5. The number of fused-ring (bicyclic) bond motifs is 1. The maximum absolute atomic E-state index is 12.5. The predicted octanol–water partition coefficient (Wildman–Crippen LogP) is 2.94. The van der Waals surface area contributed by atoms with Gasteiger partial charge in [0.05, 0.1) is 40.1 Å². The van der Waals surface area contributed by atoms with Crippen molar-refractivity contribution in [3.05, 3.63) is 35.5 Å². The zero-order chi connectivity index (χ0) is 19.9. The summed E-state index contributed by atoms with van der Waals surface area (Å²) in [5, 5.41) is 22.5. The third-order valence-electron chi connectivity index (χ3n) is 5.83. The fourth-order valence-corrected chi connectivity index (χ4v) is 4.99. The summed E-state index contributed by atoms with van der Waals surface area (Å²) in [5.41, 5.74) is 1.69. The van der Waals surface area contributed by atoms with Crippen LogP contribution >= 0.6 is 0 Å². The van der Waals surface area contributed by atoms with Gasteiger partial charge in [-0.3, -0.25) is 4.21 Å². The number of benzene rings is 1. The normalized spacial score (nSPS) is 20.1. The second kappa shape index (κ2) is 6.94. The summed E-state index contributed by atoms with van der Waals surface area (Å²) in [6, 6.07) is 10.0. The first kappa shape index (κ1) is 19.0. The van der Waals surface area contributed by atoms with Gasteiger partial charge in [0.2, 0.25) is 0 Å². The van der Waals surface area contributed by atoms with Gasteiger partial charge in [0, 0.05) is 17.7 Å². The maximum Gasteiger partial charge on any atom is 0.161 e. The van der Waals surface area contributed by atoms with Crippen molar-refractivity contribution in [3.8, 4) is 17.5 Å². The van der Waals surface area contributed by atoms with Gasteiger partial charge in [0.25, 0.3) is 0 Å². The molecule has 1 atom stereocenters. The van der Waals surface area contributed by atoms with E-state index in [2.05, 4.69) is 16.4 Å². The molecule has 1 aromatic heterocycles. The Morgan fingerprint density at radius 2 is 2.00 bits per heavy atom. The number of nitrogens with zero attached hydrogens (tertiary/aromatic N) is 3. The molecule has 1 aromatic carbocycles. The van der Waals surface area contributed by atoms with Crippen molar-refractivity contribution in [2.24, 2.45) is 0 Å². The molecule has 7 heteroatoms. The number of rotatable bonds is 5. The van der Waals surface area contributed by atoms with Gasteiger partial charge in [0.15, 0.2) is 5.82 Å². The van der Waals surface area contributed by atoms with Crippen molar-refractivity contribution in [2.45, 2.75) is 55.4 Å². The molecule has 0 saturated heterocycles. The third kappa shape index (κ3) is 3.21. The first-order chi connectivity index (χ1) is 13.4. The molecular formula is C21H24N4O2S. The highest BCUT2D eigenvalue weighted by Crippen LogP contribution is 2.38. The Labute approximate surface area is 167 Å². The molecule has 28 heavy (non-hydrogen) atoms. The van der Waals surface area contributed by atoms with Crippen LogP contribution in [-0.4, -0.2) is 37.2 Å². The molecule has 0 bridgehead atoms. The number of hydrogen-bond donors (Lipinski definition) is 2. The molecule has 1 aliphatic heterocycles. The SMILES string of the molecule is CC(C)(C#N)c1ccc(-c2nc3c(c(NC4(CO)CCC4)n2)[S@](=O)CC3)cc1. The lowest BCUT2D eigenvalue weighted by molar-refractivity contribution is 0.143. The summed E-state index contributed by atoms with van der Waals surface area (Å²) >= 11 is 0. The van der Waals surface area contributed by atoms with Crippen LogP contribution in [0.3, 0.4) is 0 Å². The van der Waals surface area contributed by atoms with Crippen molar-refractivity contribution < 1.29 is 9.32 Å². The average molecular weight is 397 g/mol. The molecule has 1 fully saturated rings. The molecule has 2 N–H and O–H groups in total. The number of nitriles is 1. The van der Waals surface area contributed by atoms with Crippen LogP contribution in [0.4, 0.5) is 5.82 Å². The van der Waals surface area contributed by atoms with Gasteiger partial charge >= 0.3 is 0 Å². The lowest BCUT2D eigenvalue weighted by Crippen LogP contribution is -2.48. The Kier molecular flexibility index (Phi) is 4.72. The fourth-order valence-electron chi connectivity index (χ4n) is 3.69. The minimum atomic E-state index is -1.11. The van der Waals surface area contributed by atoms with Crippen molar-refractivity contribution in [2.75, 3.05) is 17.7 Å². The number of nitrogens with one attached hydrogen (secondary N) is 1. The number of aliphatic hydroxyl groups excluding tert-OH is 1. The molecule has 1 saturated carbocycles.